The molecule has 1 aromatic carbocycles. The number of nitrogens with zero attached hydrogens (tertiary/aromatic N) is 1. The number of amides is 1. The van der Waals surface area contributed by atoms with Crippen LogP contribution in [0, 0.1) is 17.0 Å². The summed E-state index contributed by atoms with van der Waals surface area (Å²) in [5.74, 6) is -1.02. The predicted octanol–water partition coefficient (Wildman–Crippen LogP) is 3.19. The lowest BCUT2D eigenvalue weighted by Gasteiger charge is -2.28. The zero-order valence-electron chi connectivity index (χ0n) is 14.6. The second kappa shape index (κ2) is 6.72. The molecule has 1 aromatic rings. The topological polar surface area (TPSA) is 108 Å². The first-order valence-corrected chi connectivity index (χ1v) is 8.32. The van der Waals surface area contributed by atoms with E-state index in [4.69, 9.17) is 9.47 Å². The van der Waals surface area contributed by atoms with Crippen LogP contribution in [-0.4, -0.2) is 29.5 Å². The number of esters is 1. The fraction of sp³-hybridized carbons (Fsp3) is 0.500. The van der Waals surface area contributed by atoms with E-state index in [-0.39, 0.29) is 29.3 Å². The molecule has 0 saturated carbocycles. The van der Waals surface area contributed by atoms with Gasteiger partial charge in [-0.1, -0.05) is 0 Å². The highest BCUT2D eigenvalue weighted by Crippen LogP contribution is 2.46. The maximum atomic E-state index is 12.3. The van der Waals surface area contributed by atoms with Gasteiger partial charge < -0.3 is 14.8 Å². The van der Waals surface area contributed by atoms with Crippen molar-refractivity contribution in [3.8, 4) is 0 Å². The van der Waals surface area contributed by atoms with Crippen molar-refractivity contribution < 1.29 is 24.0 Å². The Bertz CT molecular complexity index is 769. The molecule has 0 aliphatic carbocycles. The van der Waals surface area contributed by atoms with Gasteiger partial charge in [0.15, 0.2) is 6.10 Å². The van der Waals surface area contributed by atoms with Gasteiger partial charge in [0.1, 0.15) is 5.69 Å². The van der Waals surface area contributed by atoms with Crippen molar-refractivity contribution in [2.24, 2.45) is 0 Å². The minimum absolute atomic E-state index is 0.0204. The highest BCUT2D eigenvalue weighted by molar-refractivity contribution is 9.10. The molecule has 136 valence electrons. The number of rotatable bonds is 4. The van der Waals surface area contributed by atoms with Crippen molar-refractivity contribution in [2.75, 3.05) is 12.4 Å². The first-order valence-electron chi connectivity index (χ1n) is 7.52. The van der Waals surface area contributed by atoms with E-state index in [0.717, 1.165) is 0 Å². The number of hydrogen-bond donors (Lipinski definition) is 1. The van der Waals surface area contributed by atoms with Gasteiger partial charge in [-0.2, -0.15) is 0 Å². The maximum Gasteiger partial charge on any atom is 0.339 e. The van der Waals surface area contributed by atoms with Crippen molar-refractivity contribution >= 4 is 39.2 Å². The Labute approximate surface area is 153 Å². The number of carbonyl (C=O) groups is 2. The molecule has 1 atom stereocenters. The number of ether oxygens (including phenoxy) is 2. The Morgan fingerprint density at radius 2 is 2.00 bits per heavy atom. The van der Waals surface area contributed by atoms with Crippen LogP contribution in [0.15, 0.2) is 4.47 Å². The summed E-state index contributed by atoms with van der Waals surface area (Å²) < 4.78 is 11.1. The summed E-state index contributed by atoms with van der Waals surface area (Å²) in [6.07, 6.45) is -1.19. The number of nitrogens with one attached hydrogen (secondary N) is 1. The van der Waals surface area contributed by atoms with Crippen LogP contribution in [0.4, 0.5) is 11.4 Å². The number of hydrogen-bond acceptors (Lipinski definition) is 6. The zero-order valence-corrected chi connectivity index (χ0v) is 16.1. The summed E-state index contributed by atoms with van der Waals surface area (Å²) in [6.45, 7) is 6.81. The molecule has 1 N–H and O–H groups in total. The number of halogens is 1. The van der Waals surface area contributed by atoms with Crippen molar-refractivity contribution in [3.05, 3.63) is 31.3 Å². The molecule has 1 heterocycles. The van der Waals surface area contributed by atoms with Gasteiger partial charge >= 0.3 is 5.97 Å². The average Bonchev–Trinajstić information content (AvgIpc) is 2.85. The summed E-state index contributed by atoms with van der Waals surface area (Å²) in [6, 6.07) is 0. The lowest BCUT2D eigenvalue weighted by molar-refractivity contribution is -0.384. The largest absolute Gasteiger partial charge is 0.467 e. The van der Waals surface area contributed by atoms with Crippen LogP contribution in [0.25, 0.3) is 0 Å². The molecule has 9 heteroatoms. The lowest BCUT2D eigenvalue weighted by Crippen LogP contribution is -2.29. The summed E-state index contributed by atoms with van der Waals surface area (Å²) in [4.78, 5) is 35.1. The molecule has 0 saturated heterocycles. The molecule has 0 radical (unpaired) electrons. The van der Waals surface area contributed by atoms with Gasteiger partial charge in [0.05, 0.1) is 24.1 Å². The maximum absolute atomic E-state index is 12.3. The van der Waals surface area contributed by atoms with Crippen LogP contribution in [0.5, 0.6) is 0 Å². The van der Waals surface area contributed by atoms with Gasteiger partial charge in [-0.3, -0.25) is 14.9 Å². The third-order valence-corrected chi connectivity index (χ3v) is 4.64. The van der Waals surface area contributed by atoms with E-state index in [0.29, 0.717) is 15.6 Å². The van der Waals surface area contributed by atoms with Gasteiger partial charge in [0, 0.05) is 21.2 Å². The van der Waals surface area contributed by atoms with Crippen LogP contribution >= 0.6 is 15.9 Å². The molecule has 0 spiro atoms. The van der Waals surface area contributed by atoms with Gasteiger partial charge in [-0.15, -0.1) is 0 Å². The standard InChI is InChI=1S/C16H19BrN2O6/c1-7-10(14(15(21)24-5)25-16(2,3)4)11(17)8-6-9(20)18-12(8)13(7)19(22)23/h14H,6H2,1-5H3,(H,18,20)/t14-/m0/s1. The molecule has 1 aliphatic rings. The molecule has 0 bridgehead atoms. The first-order chi connectivity index (χ1) is 11.5. The summed E-state index contributed by atoms with van der Waals surface area (Å²) in [5, 5.41) is 14.1. The van der Waals surface area contributed by atoms with Crippen LogP contribution in [0.3, 0.4) is 0 Å². The number of methoxy groups -OCH3 is 1. The minimum atomic E-state index is -1.17. The monoisotopic (exact) mass is 414 g/mol. The second-order valence-corrected chi connectivity index (χ2v) is 7.46. The predicted molar refractivity (Wildman–Crippen MR) is 93.5 cm³/mol. The van der Waals surface area contributed by atoms with Crippen molar-refractivity contribution in [1.82, 2.24) is 0 Å². The molecule has 25 heavy (non-hydrogen) atoms. The normalized spacial score (nSPS) is 14.7. The Morgan fingerprint density at radius 1 is 1.40 bits per heavy atom. The van der Waals surface area contributed by atoms with Gasteiger partial charge in [-0.05, 0) is 43.6 Å². The van der Waals surface area contributed by atoms with E-state index in [1.54, 1.807) is 20.8 Å². The quantitative estimate of drug-likeness (QED) is 0.460. The summed E-state index contributed by atoms with van der Waals surface area (Å²) >= 11 is 3.40. The Hall–Kier alpha value is -2.00. The SMILES string of the molecule is COC(=O)[C@@H](OC(C)(C)C)c1c(C)c([N+](=O)[O-])c2c(c1Br)CC(=O)N2. The van der Waals surface area contributed by atoms with E-state index >= 15 is 0 Å². The van der Waals surface area contributed by atoms with E-state index in [2.05, 4.69) is 21.2 Å². The molecular formula is C16H19BrN2O6. The second-order valence-electron chi connectivity index (χ2n) is 6.67. The number of anilines is 1. The van der Waals surface area contributed by atoms with E-state index in [1.165, 1.54) is 14.0 Å². The van der Waals surface area contributed by atoms with Gasteiger partial charge in [0.2, 0.25) is 5.91 Å². The number of nitro benzene ring substituents is 1. The van der Waals surface area contributed by atoms with Crippen LogP contribution in [-0.2, 0) is 25.5 Å². The van der Waals surface area contributed by atoms with Crippen molar-refractivity contribution in [2.45, 2.75) is 45.8 Å². The third-order valence-electron chi connectivity index (χ3n) is 3.73. The van der Waals surface area contributed by atoms with Crippen molar-refractivity contribution in [1.29, 1.82) is 0 Å². The molecule has 1 amide bonds. The molecule has 0 fully saturated rings. The minimum Gasteiger partial charge on any atom is -0.467 e. The molecule has 8 nitrogen and oxygen atoms in total. The number of benzene rings is 1. The van der Waals surface area contributed by atoms with Gasteiger partial charge in [-0.25, -0.2) is 4.79 Å². The lowest BCUT2D eigenvalue weighted by atomic mass is 9.95. The molecule has 1 aliphatic heterocycles. The van der Waals surface area contributed by atoms with E-state index in [1.807, 2.05) is 0 Å². The Morgan fingerprint density at radius 3 is 2.48 bits per heavy atom. The molecule has 2 rings (SSSR count). The molecule has 0 aromatic heterocycles. The van der Waals surface area contributed by atoms with E-state index in [9.17, 15) is 19.7 Å². The molecule has 0 unspecified atom stereocenters. The molecular weight excluding hydrogens is 396 g/mol. The Kier molecular flexibility index (Phi) is 5.19. The average molecular weight is 415 g/mol. The zero-order chi connectivity index (χ0) is 19.1. The van der Waals surface area contributed by atoms with E-state index < -0.39 is 22.6 Å². The fourth-order valence-corrected chi connectivity index (χ4v) is 3.61. The highest BCUT2D eigenvalue weighted by Gasteiger charge is 2.39. The third kappa shape index (κ3) is 3.67. The first kappa shape index (κ1) is 19.3. The fourth-order valence-electron chi connectivity index (χ4n) is 2.77. The highest BCUT2D eigenvalue weighted by atomic mass is 79.9. The number of fused-ring (bicyclic) bond motifs is 1. The van der Waals surface area contributed by atoms with Crippen LogP contribution in [0.1, 0.15) is 43.6 Å². The van der Waals surface area contributed by atoms with Crippen LogP contribution in [0.2, 0.25) is 0 Å². The summed E-state index contributed by atoms with van der Waals surface area (Å²) in [7, 11) is 1.22. The van der Waals surface area contributed by atoms with Gasteiger partial charge in [0.25, 0.3) is 5.69 Å². The smallest absolute Gasteiger partial charge is 0.339 e. The number of nitro groups is 1. The Balaban J connectivity index is 2.77. The van der Waals surface area contributed by atoms with Crippen LogP contribution < -0.4 is 5.32 Å². The number of carbonyl (C=O) groups excluding carboxylic acids is 2. The summed E-state index contributed by atoms with van der Waals surface area (Å²) in [5.41, 5.74) is 0.171. The van der Waals surface area contributed by atoms with Crippen molar-refractivity contribution in [3.63, 3.8) is 0 Å².